The van der Waals surface area contributed by atoms with Crippen molar-refractivity contribution in [1.29, 1.82) is 0 Å². The zero-order chi connectivity index (χ0) is 11.8. The van der Waals surface area contributed by atoms with Crippen LogP contribution in [0, 0.1) is 11.6 Å². The number of hydrogen-bond donors (Lipinski definition) is 1. The summed E-state index contributed by atoms with van der Waals surface area (Å²) in [6.45, 7) is 4.45. The summed E-state index contributed by atoms with van der Waals surface area (Å²) in [7, 11) is 0. The minimum atomic E-state index is -0.549. The second-order valence-electron chi connectivity index (χ2n) is 3.52. The maximum Gasteiger partial charge on any atom is 0.130 e. The Hall–Kier alpha value is -1.00. The highest BCUT2D eigenvalue weighted by Crippen LogP contribution is 2.08. The Morgan fingerprint density at radius 3 is 2.75 bits per heavy atom. The maximum atomic E-state index is 13.2. The predicted molar refractivity (Wildman–Crippen MR) is 59.2 cm³/mol. The van der Waals surface area contributed by atoms with E-state index in [0.29, 0.717) is 25.3 Å². The Morgan fingerprint density at radius 1 is 1.25 bits per heavy atom. The van der Waals surface area contributed by atoms with Crippen molar-refractivity contribution in [3.63, 3.8) is 0 Å². The number of hydrogen-bond acceptors (Lipinski definition) is 2. The van der Waals surface area contributed by atoms with Crippen LogP contribution in [0.5, 0.6) is 0 Å². The van der Waals surface area contributed by atoms with Crippen molar-refractivity contribution in [2.24, 2.45) is 0 Å². The Kier molecular flexibility index (Phi) is 5.96. The van der Waals surface area contributed by atoms with E-state index < -0.39 is 11.6 Å². The molecule has 4 heteroatoms. The van der Waals surface area contributed by atoms with Crippen molar-refractivity contribution in [1.82, 2.24) is 5.32 Å². The Labute approximate surface area is 94.6 Å². The van der Waals surface area contributed by atoms with Gasteiger partial charge in [0.15, 0.2) is 0 Å². The molecular weight excluding hydrogens is 212 g/mol. The molecule has 2 nitrogen and oxygen atoms in total. The summed E-state index contributed by atoms with van der Waals surface area (Å²) < 4.78 is 31.0. The molecule has 0 aliphatic carbocycles. The van der Waals surface area contributed by atoms with Crippen molar-refractivity contribution in [2.75, 3.05) is 19.8 Å². The first-order valence-corrected chi connectivity index (χ1v) is 5.46. The molecule has 0 aliphatic rings. The standard InChI is InChI=1S/C12H17F2NO/c1-2-6-16-7-5-15-9-10-3-4-11(13)8-12(10)14/h3-4,8,15H,2,5-7,9H2,1H3. The molecule has 0 heterocycles. The second kappa shape index (κ2) is 7.30. The van der Waals surface area contributed by atoms with Crippen molar-refractivity contribution < 1.29 is 13.5 Å². The van der Waals surface area contributed by atoms with Gasteiger partial charge in [-0.1, -0.05) is 13.0 Å². The van der Waals surface area contributed by atoms with Crippen LogP contribution in [0.3, 0.4) is 0 Å². The smallest absolute Gasteiger partial charge is 0.130 e. The molecule has 0 unspecified atom stereocenters. The van der Waals surface area contributed by atoms with Crippen LogP contribution in [0.1, 0.15) is 18.9 Å². The molecule has 1 aromatic rings. The first-order valence-electron chi connectivity index (χ1n) is 5.46. The molecule has 0 saturated heterocycles. The maximum absolute atomic E-state index is 13.2. The Balaban J connectivity index is 2.21. The van der Waals surface area contributed by atoms with Gasteiger partial charge in [0.25, 0.3) is 0 Å². The fraction of sp³-hybridized carbons (Fsp3) is 0.500. The molecule has 0 spiro atoms. The van der Waals surface area contributed by atoms with E-state index in [1.54, 1.807) is 0 Å². The van der Waals surface area contributed by atoms with Gasteiger partial charge in [0.1, 0.15) is 11.6 Å². The van der Waals surface area contributed by atoms with Gasteiger partial charge in [-0.15, -0.1) is 0 Å². The summed E-state index contributed by atoms with van der Waals surface area (Å²) in [6.07, 6.45) is 0.993. The Bertz CT molecular complexity index is 318. The molecule has 16 heavy (non-hydrogen) atoms. The average Bonchev–Trinajstić information content (AvgIpc) is 2.26. The highest BCUT2D eigenvalue weighted by Gasteiger charge is 2.02. The van der Waals surface area contributed by atoms with Crippen LogP contribution in [0.4, 0.5) is 8.78 Å². The van der Waals surface area contributed by atoms with Crippen molar-refractivity contribution in [2.45, 2.75) is 19.9 Å². The Morgan fingerprint density at radius 2 is 2.06 bits per heavy atom. The lowest BCUT2D eigenvalue weighted by Crippen LogP contribution is -2.20. The monoisotopic (exact) mass is 229 g/mol. The number of nitrogens with one attached hydrogen (secondary N) is 1. The molecule has 1 aromatic carbocycles. The zero-order valence-electron chi connectivity index (χ0n) is 9.43. The largest absolute Gasteiger partial charge is 0.380 e. The third-order valence-electron chi connectivity index (χ3n) is 2.10. The van der Waals surface area contributed by atoms with E-state index in [1.807, 2.05) is 6.92 Å². The van der Waals surface area contributed by atoms with Crippen LogP contribution < -0.4 is 5.32 Å². The van der Waals surface area contributed by atoms with E-state index in [0.717, 1.165) is 19.1 Å². The summed E-state index contributed by atoms with van der Waals surface area (Å²) in [5.41, 5.74) is 0.469. The predicted octanol–water partition coefficient (Wildman–Crippen LogP) is 2.48. The topological polar surface area (TPSA) is 21.3 Å². The number of benzene rings is 1. The first-order chi connectivity index (χ1) is 7.74. The van der Waals surface area contributed by atoms with E-state index in [-0.39, 0.29) is 0 Å². The fourth-order valence-electron chi connectivity index (χ4n) is 1.28. The minimum absolute atomic E-state index is 0.390. The minimum Gasteiger partial charge on any atom is -0.380 e. The van der Waals surface area contributed by atoms with Crippen LogP contribution in [0.15, 0.2) is 18.2 Å². The lowest BCUT2D eigenvalue weighted by Gasteiger charge is -2.06. The second-order valence-corrected chi connectivity index (χ2v) is 3.52. The number of halogens is 2. The fourth-order valence-corrected chi connectivity index (χ4v) is 1.28. The molecule has 0 bridgehead atoms. The molecular formula is C12H17F2NO. The SMILES string of the molecule is CCCOCCNCc1ccc(F)cc1F. The first kappa shape index (κ1) is 13.1. The highest BCUT2D eigenvalue weighted by molar-refractivity contribution is 5.18. The molecule has 1 rings (SSSR count). The van der Waals surface area contributed by atoms with Gasteiger partial charge in [-0.3, -0.25) is 0 Å². The van der Waals surface area contributed by atoms with E-state index in [2.05, 4.69) is 5.32 Å². The summed E-state index contributed by atoms with van der Waals surface area (Å²) in [5.74, 6) is -1.06. The molecule has 90 valence electrons. The quantitative estimate of drug-likeness (QED) is 0.725. The van der Waals surface area contributed by atoms with Crippen LogP contribution in [0.2, 0.25) is 0 Å². The van der Waals surface area contributed by atoms with Gasteiger partial charge in [0, 0.05) is 31.3 Å². The molecule has 0 fully saturated rings. The summed E-state index contributed by atoms with van der Waals surface area (Å²) >= 11 is 0. The number of rotatable bonds is 7. The molecule has 0 radical (unpaired) electrons. The third kappa shape index (κ3) is 4.68. The summed E-state index contributed by atoms with van der Waals surface area (Å²) in [5, 5.41) is 3.03. The van der Waals surface area contributed by atoms with Gasteiger partial charge < -0.3 is 10.1 Å². The van der Waals surface area contributed by atoms with E-state index in [1.165, 1.54) is 12.1 Å². The molecule has 0 saturated carbocycles. The van der Waals surface area contributed by atoms with Crippen molar-refractivity contribution in [3.05, 3.63) is 35.4 Å². The zero-order valence-corrected chi connectivity index (χ0v) is 9.43. The molecule has 0 aromatic heterocycles. The van der Waals surface area contributed by atoms with Crippen LogP contribution in [-0.2, 0) is 11.3 Å². The third-order valence-corrected chi connectivity index (χ3v) is 2.10. The van der Waals surface area contributed by atoms with E-state index in [9.17, 15) is 8.78 Å². The van der Waals surface area contributed by atoms with Gasteiger partial charge >= 0.3 is 0 Å². The lowest BCUT2D eigenvalue weighted by molar-refractivity contribution is 0.136. The number of ether oxygens (including phenoxy) is 1. The van der Waals surface area contributed by atoms with Gasteiger partial charge in [-0.2, -0.15) is 0 Å². The lowest BCUT2D eigenvalue weighted by atomic mass is 10.2. The van der Waals surface area contributed by atoms with Crippen molar-refractivity contribution in [3.8, 4) is 0 Å². The average molecular weight is 229 g/mol. The normalized spacial score (nSPS) is 10.7. The van der Waals surface area contributed by atoms with Crippen LogP contribution in [-0.4, -0.2) is 19.8 Å². The highest BCUT2D eigenvalue weighted by atomic mass is 19.1. The summed E-state index contributed by atoms with van der Waals surface area (Å²) in [4.78, 5) is 0. The van der Waals surface area contributed by atoms with Crippen LogP contribution in [0.25, 0.3) is 0 Å². The van der Waals surface area contributed by atoms with E-state index in [4.69, 9.17) is 4.74 Å². The summed E-state index contributed by atoms with van der Waals surface area (Å²) in [6, 6.07) is 3.60. The van der Waals surface area contributed by atoms with Gasteiger partial charge in [-0.25, -0.2) is 8.78 Å². The van der Waals surface area contributed by atoms with Gasteiger partial charge in [0.2, 0.25) is 0 Å². The van der Waals surface area contributed by atoms with E-state index >= 15 is 0 Å². The molecule has 0 atom stereocenters. The molecule has 1 N–H and O–H groups in total. The molecule has 0 amide bonds. The van der Waals surface area contributed by atoms with Gasteiger partial charge in [0.05, 0.1) is 6.61 Å². The van der Waals surface area contributed by atoms with Crippen molar-refractivity contribution >= 4 is 0 Å². The molecule has 0 aliphatic heterocycles. The van der Waals surface area contributed by atoms with Crippen LogP contribution >= 0.6 is 0 Å². The van der Waals surface area contributed by atoms with Gasteiger partial charge in [-0.05, 0) is 12.5 Å².